The molecule has 2 nitrogen and oxygen atoms in total. The van der Waals surface area contributed by atoms with Gasteiger partial charge < -0.3 is 9.80 Å². The van der Waals surface area contributed by atoms with E-state index in [1.54, 1.807) is 0 Å². The molecule has 0 atom stereocenters. The molecule has 10 aromatic carbocycles. The van der Waals surface area contributed by atoms with Crippen molar-refractivity contribution < 1.29 is 0 Å². The molecule has 0 heterocycles. The first-order valence-corrected chi connectivity index (χ1v) is 19.9. The maximum atomic E-state index is 2.38. The van der Waals surface area contributed by atoms with Crippen molar-refractivity contribution in [1.29, 1.82) is 0 Å². The summed E-state index contributed by atoms with van der Waals surface area (Å²) in [5, 5.41) is 5.04. The van der Waals surface area contributed by atoms with E-state index in [2.05, 4.69) is 240 Å². The Labute approximate surface area is 339 Å². The van der Waals surface area contributed by atoms with Crippen molar-refractivity contribution in [3.05, 3.63) is 231 Å². The molecule has 0 aliphatic heterocycles. The second-order valence-corrected chi connectivity index (χ2v) is 14.9. The van der Waals surface area contributed by atoms with Crippen LogP contribution in [0.4, 0.5) is 34.1 Å². The van der Waals surface area contributed by atoms with Gasteiger partial charge in [0.25, 0.3) is 0 Å². The molecule has 0 N–H and O–H groups in total. The van der Waals surface area contributed by atoms with Crippen molar-refractivity contribution in [2.24, 2.45) is 0 Å². The standard InChI is InChI=1S/C56H38N2/c1-5-23-42(24-6-1)57(43-25-7-2-8-26-43)46-31-15-21-40(37-46)53-48-33-13-14-34-49(48)54(56-51-36-18-20-39-19-17-35-50(52(39)51)55(53)56)41-22-16-32-47(38-41)58(44-27-9-3-10-28-44)45-29-11-4-12-30-45/h1-38H. The average molecular weight is 739 g/mol. The maximum absolute atomic E-state index is 2.38. The minimum atomic E-state index is 1.11. The van der Waals surface area contributed by atoms with E-state index >= 15 is 0 Å². The third kappa shape index (κ3) is 5.57. The summed E-state index contributed by atoms with van der Waals surface area (Å²) < 4.78 is 0. The zero-order valence-electron chi connectivity index (χ0n) is 31.8. The molecule has 272 valence electrons. The molecule has 1 aliphatic rings. The fourth-order valence-electron chi connectivity index (χ4n) is 9.14. The van der Waals surface area contributed by atoms with E-state index < -0.39 is 0 Å². The first-order chi connectivity index (χ1) is 28.8. The highest BCUT2D eigenvalue weighted by Gasteiger charge is 2.31. The van der Waals surface area contributed by atoms with Crippen molar-refractivity contribution >= 4 is 55.7 Å². The van der Waals surface area contributed by atoms with Crippen LogP contribution in [-0.4, -0.2) is 0 Å². The molecule has 0 amide bonds. The lowest BCUT2D eigenvalue weighted by atomic mass is 9.82. The fourth-order valence-corrected chi connectivity index (χ4v) is 9.14. The van der Waals surface area contributed by atoms with Crippen molar-refractivity contribution in [2.75, 3.05) is 9.80 Å². The lowest BCUT2D eigenvalue weighted by molar-refractivity contribution is 1.28. The Balaban J connectivity index is 1.19. The first kappa shape index (κ1) is 33.6. The Bertz CT molecular complexity index is 2820. The Kier molecular flexibility index (Phi) is 8.19. The predicted molar refractivity (Wildman–Crippen MR) is 246 cm³/mol. The molecule has 0 radical (unpaired) electrons. The fraction of sp³-hybridized carbons (Fsp3) is 0. The minimum absolute atomic E-state index is 1.11. The molecule has 10 aromatic rings. The highest BCUT2D eigenvalue weighted by molar-refractivity contribution is 6.27. The van der Waals surface area contributed by atoms with Gasteiger partial charge >= 0.3 is 0 Å². The summed E-state index contributed by atoms with van der Waals surface area (Å²) in [4.78, 5) is 4.71. The van der Waals surface area contributed by atoms with Crippen LogP contribution in [0.5, 0.6) is 0 Å². The minimum Gasteiger partial charge on any atom is -0.310 e. The normalized spacial score (nSPS) is 11.4. The van der Waals surface area contributed by atoms with Crippen LogP contribution in [0.15, 0.2) is 231 Å². The first-order valence-electron chi connectivity index (χ1n) is 19.9. The van der Waals surface area contributed by atoms with E-state index in [1.165, 1.54) is 66.1 Å². The van der Waals surface area contributed by atoms with Gasteiger partial charge in [-0.15, -0.1) is 0 Å². The molecule has 0 saturated carbocycles. The van der Waals surface area contributed by atoms with Gasteiger partial charge in [-0.05, 0) is 139 Å². The van der Waals surface area contributed by atoms with E-state index in [4.69, 9.17) is 0 Å². The van der Waals surface area contributed by atoms with Crippen LogP contribution in [-0.2, 0) is 0 Å². The van der Waals surface area contributed by atoms with E-state index in [-0.39, 0.29) is 0 Å². The molecule has 2 heteroatoms. The summed E-state index contributed by atoms with van der Waals surface area (Å²) >= 11 is 0. The third-order valence-electron chi connectivity index (χ3n) is 11.5. The molecule has 58 heavy (non-hydrogen) atoms. The quantitative estimate of drug-likeness (QED) is 0.153. The number of hydrogen-bond acceptors (Lipinski definition) is 2. The molecule has 0 saturated heterocycles. The van der Waals surface area contributed by atoms with Crippen LogP contribution >= 0.6 is 0 Å². The smallest absolute Gasteiger partial charge is 0.0467 e. The number of nitrogens with zero attached hydrogens (tertiary/aromatic N) is 2. The van der Waals surface area contributed by atoms with Crippen LogP contribution in [0.2, 0.25) is 0 Å². The Morgan fingerprint density at radius 1 is 0.241 bits per heavy atom. The van der Waals surface area contributed by atoms with Crippen LogP contribution < -0.4 is 9.80 Å². The monoisotopic (exact) mass is 738 g/mol. The zero-order chi connectivity index (χ0) is 38.4. The molecule has 0 fully saturated rings. The number of fused-ring (bicyclic) bond motifs is 4. The molecule has 0 spiro atoms. The highest BCUT2D eigenvalue weighted by atomic mass is 15.1. The SMILES string of the molecule is c1ccc(N(c2ccccc2)c2cccc(-c3c4c(c(-c5cccc(N(c6ccccc6)c6ccccc6)c5)c5ccccc35)-c3cccc5cccc-4c35)c2)cc1. The van der Waals surface area contributed by atoms with Crippen LogP contribution in [0.25, 0.3) is 66.1 Å². The van der Waals surface area contributed by atoms with Gasteiger partial charge in [-0.2, -0.15) is 0 Å². The molecule has 0 bridgehead atoms. The average Bonchev–Trinajstić information content (AvgIpc) is 3.62. The predicted octanol–water partition coefficient (Wildman–Crippen LogP) is 15.9. The summed E-state index contributed by atoms with van der Waals surface area (Å²) in [6.07, 6.45) is 0. The second kappa shape index (κ2) is 14.1. The summed E-state index contributed by atoms with van der Waals surface area (Å²) in [6, 6.07) is 83.5. The van der Waals surface area contributed by atoms with E-state index in [9.17, 15) is 0 Å². The highest BCUT2D eigenvalue weighted by Crippen LogP contribution is 2.58. The third-order valence-corrected chi connectivity index (χ3v) is 11.5. The van der Waals surface area contributed by atoms with Crippen molar-refractivity contribution in [3.63, 3.8) is 0 Å². The topological polar surface area (TPSA) is 6.48 Å². The number of benzene rings is 10. The maximum Gasteiger partial charge on any atom is 0.0467 e. The van der Waals surface area contributed by atoms with Crippen LogP contribution in [0.3, 0.4) is 0 Å². The lowest BCUT2D eigenvalue weighted by Gasteiger charge is -2.27. The number of anilines is 6. The Morgan fingerprint density at radius 2 is 0.569 bits per heavy atom. The zero-order valence-corrected chi connectivity index (χ0v) is 31.8. The van der Waals surface area contributed by atoms with Gasteiger partial charge in [-0.3, -0.25) is 0 Å². The van der Waals surface area contributed by atoms with Gasteiger partial charge in [0, 0.05) is 34.1 Å². The van der Waals surface area contributed by atoms with Crippen molar-refractivity contribution in [2.45, 2.75) is 0 Å². The molecule has 0 unspecified atom stereocenters. The second-order valence-electron chi connectivity index (χ2n) is 14.9. The van der Waals surface area contributed by atoms with Crippen LogP contribution in [0.1, 0.15) is 0 Å². The van der Waals surface area contributed by atoms with E-state index in [0.29, 0.717) is 0 Å². The van der Waals surface area contributed by atoms with Gasteiger partial charge in [0.15, 0.2) is 0 Å². The number of hydrogen-bond donors (Lipinski definition) is 0. The summed E-state index contributed by atoms with van der Waals surface area (Å²) in [7, 11) is 0. The molecule has 0 aromatic heterocycles. The van der Waals surface area contributed by atoms with E-state index in [0.717, 1.165) is 34.1 Å². The van der Waals surface area contributed by atoms with Gasteiger partial charge in [-0.1, -0.05) is 158 Å². The van der Waals surface area contributed by atoms with Crippen molar-refractivity contribution in [1.82, 2.24) is 0 Å². The molecule has 1 aliphatic carbocycles. The summed E-state index contributed by atoms with van der Waals surface area (Å²) in [6.45, 7) is 0. The van der Waals surface area contributed by atoms with Crippen molar-refractivity contribution in [3.8, 4) is 44.5 Å². The molecule has 11 rings (SSSR count). The largest absolute Gasteiger partial charge is 0.310 e. The summed E-state index contributed by atoms with van der Waals surface area (Å²) in [5.74, 6) is 0. The van der Waals surface area contributed by atoms with Crippen LogP contribution in [0, 0.1) is 0 Å². The summed E-state index contributed by atoms with van der Waals surface area (Å²) in [5.41, 5.74) is 16.7. The number of rotatable bonds is 8. The van der Waals surface area contributed by atoms with Gasteiger partial charge in [0.05, 0.1) is 0 Å². The Morgan fingerprint density at radius 3 is 0.948 bits per heavy atom. The Hall–Kier alpha value is -7.68. The van der Waals surface area contributed by atoms with E-state index in [1.807, 2.05) is 0 Å². The lowest BCUT2D eigenvalue weighted by Crippen LogP contribution is -2.10. The number of para-hydroxylation sites is 4. The van der Waals surface area contributed by atoms with Gasteiger partial charge in [0.1, 0.15) is 0 Å². The molecular weight excluding hydrogens is 701 g/mol. The van der Waals surface area contributed by atoms with Gasteiger partial charge in [0.2, 0.25) is 0 Å². The molecular formula is C56H38N2. The van der Waals surface area contributed by atoms with Gasteiger partial charge in [-0.25, -0.2) is 0 Å².